The van der Waals surface area contributed by atoms with Crippen molar-refractivity contribution in [3.8, 4) is 0 Å². The second kappa shape index (κ2) is 13.2. The summed E-state index contributed by atoms with van der Waals surface area (Å²) in [4.78, 5) is 27.2. The largest absolute Gasteiger partial charge is 0.511 e. The highest BCUT2D eigenvalue weighted by Crippen LogP contribution is 2.46. The Balaban J connectivity index is 1.52. The highest BCUT2D eigenvalue weighted by atomic mass is 16.5. The van der Waals surface area contributed by atoms with Crippen LogP contribution in [0.25, 0.3) is 0 Å². The van der Waals surface area contributed by atoms with Gasteiger partial charge in [0.2, 0.25) is 0 Å². The minimum atomic E-state index is -0.816. The van der Waals surface area contributed by atoms with Crippen molar-refractivity contribution in [2.75, 3.05) is 6.61 Å². The molecule has 0 aromatic carbocycles. The third-order valence-electron chi connectivity index (χ3n) is 10.5. The van der Waals surface area contributed by atoms with Crippen LogP contribution in [0.3, 0.4) is 0 Å². The first-order chi connectivity index (χ1) is 22.5. The first-order valence-corrected chi connectivity index (χ1v) is 17.3. The summed E-state index contributed by atoms with van der Waals surface area (Å²) in [5.41, 5.74) is 14.1. The summed E-state index contributed by atoms with van der Waals surface area (Å²) in [5, 5.41) is 24.6. The number of carboxylic acid groups (broad SMARTS) is 1. The van der Waals surface area contributed by atoms with E-state index in [-0.39, 0.29) is 24.4 Å². The Kier molecular flexibility index (Phi) is 9.25. The molecule has 0 aromatic heterocycles. The maximum Gasteiger partial charge on any atom is 0.303 e. The van der Waals surface area contributed by atoms with Crippen LogP contribution in [0.15, 0.2) is 106 Å². The molecule has 1 saturated heterocycles. The first kappa shape index (κ1) is 32.9. The normalized spacial score (nSPS) is 24.1. The van der Waals surface area contributed by atoms with Crippen LogP contribution in [0.5, 0.6) is 0 Å². The second-order valence-corrected chi connectivity index (χ2v) is 13.5. The van der Waals surface area contributed by atoms with E-state index >= 15 is 0 Å². The zero-order valence-corrected chi connectivity index (χ0v) is 28.9. The van der Waals surface area contributed by atoms with Gasteiger partial charge in [-0.05, 0) is 87.5 Å². The van der Waals surface area contributed by atoms with Crippen LogP contribution in [0.4, 0.5) is 0 Å². The predicted molar refractivity (Wildman–Crippen MR) is 188 cm³/mol. The monoisotopic (exact) mass is 636 g/mol. The number of carbonyl (C=O) groups is 1. The minimum Gasteiger partial charge on any atom is -0.511 e. The topological polar surface area (TPSA) is 116 Å². The number of nitrogens with zero attached hydrogens (tertiary/aromatic N) is 3. The molecule has 0 unspecified atom stereocenters. The molecular weight excluding hydrogens is 588 g/mol. The molecule has 8 heteroatoms. The molecule has 248 valence electrons. The van der Waals surface area contributed by atoms with Gasteiger partial charge >= 0.3 is 5.97 Å². The molecule has 6 rings (SSSR count). The zero-order valence-electron chi connectivity index (χ0n) is 28.9. The average Bonchev–Trinajstić information content (AvgIpc) is 3.78. The van der Waals surface area contributed by atoms with E-state index in [0.29, 0.717) is 25.2 Å². The molecule has 3 N–H and O–H groups in total. The van der Waals surface area contributed by atoms with Crippen molar-refractivity contribution in [1.82, 2.24) is 5.32 Å². The molecule has 0 aromatic rings. The van der Waals surface area contributed by atoms with Crippen molar-refractivity contribution in [3.05, 3.63) is 91.5 Å². The lowest BCUT2D eigenvalue weighted by atomic mass is 9.86. The fourth-order valence-corrected chi connectivity index (χ4v) is 7.79. The summed E-state index contributed by atoms with van der Waals surface area (Å²) in [6.07, 6.45) is 12.5. The first-order valence-electron chi connectivity index (χ1n) is 17.3. The van der Waals surface area contributed by atoms with Gasteiger partial charge in [0.05, 0.1) is 40.3 Å². The maximum absolute atomic E-state index is 11.7. The van der Waals surface area contributed by atoms with Crippen molar-refractivity contribution in [2.24, 2.45) is 26.8 Å². The van der Waals surface area contributed by atoms with Gasteiger partial charge in [0, 0.05) is 59.4 Å². The number of aliphatic hydroxyl groups excluding tert-OH is 1. The van der Waals surface area contributed by atoms with Gasteiger partial charge in [0.1, 0.15) is 5.76 Å². The Morgan fingerprint density at radius 3 is 2.47 bits per heavy atom. The van der Waals surface area contributed by atoms with Crippen LogP contribution in [0.1, 0.15) is 99.8 Å². The van der Waals surface area contributed by atoms with Crippen LogP contribution in [-0.4, -0.2) is 46.0 Å². The Morgan fingerprint density at radius 1 is 1.00 bits per heavy atom. The van der Waals surface area contributed by atoms with Gasteiger partial charge in [-0.3, -0.25) is 4.79 Å². The number of hydrogen-bond donors (Lipinski definition) is 3. The molecule has 5 heterocycles. The molecule has 47 heavy (non-hydrogen) atoms. The van der Waals surface area contributed by atoms with Gasteiger partial charge in [-0.2, -0.15) is 0 Å². The van der Waals surface area contributed by atoms with Gasteiger partial charge < -0.3 is 20.3 Å². The molecule has 0 amide bonds. The lowest BCUT2D eigenvalue weighted by Gasteiger charge is -2.17. The van der Waals surface area contributed by atoms with Crippen LogP contribution < -0.4 is 5.32 Å². The molecule has 8 bridgehead atoms. The van der Waals surface area contributed by atoms with Crippen LogP contribution in [0.2, 0.25) is 0 Å². The van der Waals surface area contributed by atoms with Gasteiger partial charge in [-0.1, -0.05) is 40.0 Å². The van der Waals surface area contributed by atoms with Gasteiger partial charge in [-0.15, -0.1) is 0 Å². The van der Waals surface area contributed by atoms with E-state index in [4.69, 9.17) is 19.7 Å². The smallest absolute Gasteiger partial charge is 0.303 e. The van der Waals surface area contributed by atoms with Crippen molar-refractivity contribution in [1.29, 1.82) is 0 Å². The number of allylic oxidation sites excluding steroid dienone is 11. The molecule has 6 aliphatic rings. The number of rotatable bonds is 11. The molecule has 5 aliphatic heterocycles. The minimum absolute atomic E-state index is 0.0215. The summed E-state index contributed by atoms with van der Waals surface area (Å²) >= 11 is 0. The summed E-state index contributed by atoms with van der Waals surface area (Å²) in [7, 11) is 0. The van der Waals surface area contributed by atoms with Crippen molar-refractivity contribution < 1.29 is 19.7 Å². The van der Waals surface area contributed by atoms with Crippen LogP contribution >= 0.6 is 0 Å². The SMILES string of the molecule is CCCCCCO[C@H](C)C1=C(C)C2=NC1=CC1=NC(=CC3=C(C)C4=C(O)CC(=C5NC(=C2)[C@@H](C)[C@@H]5CCC(=O)O)C4=N3)C(CC)=C1C. The highest BCUT2D eigenvalue weighted by molar-refractivity contribution is 6.21. The fraction of sp³-hybridized carbons (Fsp3) is 0.487. The summed E-state index contributed by atoms with van der Waals surface area (Å²) in [6.45, 7) is 15.6. The summed E-state index contributed by atoms with van der Waals surface area (Å²) in [5.74, 6) is -0.553. The van der Waals surface area contributed by atoms with Crippen molar-refractivity contribution in [3.63, 3.8) is 0 Å². The standard InChI is InChI=1S/C39H48N4O4/c1-8-10-11-12-15-47-24(7)36-22(5)30-17-29-21(4)26(13-14-35(45)46)38(42-29)27-16-34(44)37-23(6)31(43-39(27)37)18-32-25(9-2)20(3)28(40-32)19-33(36)41-30/h17-19,21,24,26,42,44H,8-16H2,1-7H3,(H,45,46)/t21-,24+,26-/m0/s1. The molecule has 1 aliphatic carbocycles. The third-order valence-corrected chi connectivity index (χ3v) is 10.5. The Labute approximate surface area is 278 Å². The molecule has 0 radical (unpaired) electrons. The molecule has 3 atom stereocenters. The van der Waals surface area contributed by atoms with E-state index in [9.17, 15) is 15.0 Å². The maximum atomic E-state index is 11.7. The number of hydrogen-bond acceptors (Lipinski definition) is 7. The fourth-order valence-electron chi connectivity index (χ4n) is 7.79. The Bertz CT molecular complexity index is 1770. The highest BCUT2D eigenvalue weighted by Gasteiger charge is 2.41. The van der Waals surface area contributed by atoms with E-state index < -0.39 is 5.97 Å². The number of unbranched alkanes of at least 4 members (excludes halogenated alkanes) is 3. The average molecular weight is 637 g/mol. The van der Waals surface area contributed by atoms with E-state index in [0.717, 1.165) is 98.3 Å². The van der Waals surface area contributed by atoms with Gasteiger partial charge in [0.25, 0.3) is 0 Å². The predicted octanol–water partition coefficient (Wildman–Crippen LogP) is 8.51. The number of aliphatic imine (C=N–C) groups is 3. The molecule has 8 nitrogen and oxygen atoms in total. The second-order valence-electron chi connectivity index (χ2n) is 13.5. The van der Waals surface area contributed by atoms with Crippen LogP contribution in [-0.2, 0) is 9.53 Å². The van der Waals surface area contributed by atoms with Crippen molar-refractivity contribution in [2.45, 2.75) is 106 Å². The number of carboxylic acids is 1. The van der Waals surface area contributed by atoms with Crippen LogP contribution in [0, 0.1) is 11.8 Å². The summed E-state index contributed by atoms with van der Waals surface area (Å²) in [6, 6.07) is 0. The molecular formula is C39H48N4O4. The lowest BCUT2D eigenvalue weighted by Crippen LogP contribution is -2.15. The number of fused-ring (bicyclic) bond motifs is 5. The number of aliphatic hydroxyl groups is 1. The van der Waals surface area contributed by atoms with E-state index in [1.54, 1.807) is 0 Å². The van der Waals surface area contributed by atoms with E-state index in [1.165, 1.54) is 18.4 Å². The molecule has 0 saturated carbocycles. The Morgan fingerprint density at radius 2 is 1.74 bits per heavy atom. The third kappa shape index (κ3) is 5.97. The zero-order chi connectivity index (χ0) is 33.6. The summed E-state index contributed by atoms with van der Waals surface area (Å²) < 4.78 is 6.42. The Hall–Kier alpha value is -4.04. The number of aliphatic carboxylic acids is 1. The van der Waals surface area contributed by atoms with Crippen molar-refractivity contribution >= 4 is 23.1 Å². The van der Waals surface area contributed by atoms with E-state index in [1.807, 2.05) is 13.0 Å². The van der Waals surface area contributed by atoms with Gasteiger partial charge in [0.15, 0.2) is 0 Å². The lowest BCUT2D eigenvalue weighted by molar-refractivity contribution is -0.137. The van der Waals surface area contributed by atoms with E-state index in [2.05, 4.69) is 59.0 Å². The van der Waals surface area contributed by atoms with Gasteiger partial charge in [-0.25, -0.2) is 15.0 Å². The molecule has 1 fully saturated rings. The number of nitrogens with one attached hydrogen (secondary N) is 1. The molecule has 0 spiro atoms. The quantitative estimate of drug-likeness (QED) is 0.197. The number of ether oxygens (including phenoxy) is 1.